The highest BCUT2D eigenvalue weighted by Gasteiger charge is 2.60. The standard InChI is InChI=1S/C17H15ClF3N3/c18-10-1-4-14-13(7-10)16(17(19,20)21,9-23-11-2-3-11)12-5-6-22-8-15(12)24-14/h1,4-8,11,23-24H,2-3,9H2. The van der Waals surface area contributed by atoms with Gasteiger partial charge in [0.25, 0.3) is 0 Å². The largest absolute Gasteiger partial charge is 0.403 e. The second-order valence-corrected chi connectivity index (χ2v) is 6.73. The summed E-state index contributed by atoms with van der Waals surface area (Å²) < 4.78 is 43.3. The maximum atomic E-state index is 14.4. The van der Waals surface area contributed by atoms with Crippen molar-refractivity contribution < 1.29 is 13.2 Å². The minimum atomic E-state index is -4.48. The second-order valence-electron chi connectivity index (χ2n) is 6.29. The first-order valence-corrected chi connectivity index (χ1v) is 8.11. The topological polar surface area (TPSA) is 37.0 Å². The molecule has 2 aliphatic rings. The number of nitrogens with one attached hydrogen (secondary N) is 2. The van der Waals surface area contributed by atoms with Gasteiger partial charge in [-0.1, -0.05) is 11.6 Å². The van der Waals surface area contributed by atoms with Crippen LogP contribution in [-0.4, -0.2) is 23.7 Å². The molecule has 0 bridgehead atoms. The smallest absolute Gasteiger partial charge is 0.354 e. The number of aromatic nitrogens is 1. The number of hydrogen-bond donors (Lipinski definition) is 2. The number of benzene rings is 1. The number of halogens is 4. The van der Waals surface area contributed by atoms with Gasteiger partial charge in [-0.25, -0.2) is 0 Å². The molecule has 2 N–H and O–H groups in total. The van der Waals surface area contributed by atoms with Crippen LogP contribution in [0.25, 0.3) is 0 Å². The van der Waals surface area contributed by atoms with Crippen LogP contribution in [-0.2, 0) is 5.41 Å². The Balaban J connectivity index is 1.96. The van der Waals surface area contributed by atoms with Gasteiger partial charge in [-0.05, 0) is 48.2 Å². The Morgan fingerprint density at radius 1 is 1.21 bits per heavy atom. The predicted molar refractivity (Wildman–Crippen MR) is 86.8 cm³/mol. The average molecular weight is 354 g/mol. The SMILES string of the molecule is FC(F)(F)C1(CNC2CC2)c2ccncc2Nc2ccc(Cl)cc21. The molecule has 0 amide bonds. The highest BCUT2D eigenvalue weighted by molar-refractivity contribution is 6.30. The summed E-state index contributed by atoms with van der Waals surface area (Å²) in [5.74, 6) is 0. The molecule has 7 heteroatoms. The molecule has 1 aromatic carbocycles. The van der Waals surface area contributed by atoms with Gasteiger partial charge in [-0.15, -0.1) is 0 Å². The van der Waals surface area contributed by atoms with E-state index in [0.717, 1.165) is 12.8 Å². The quantitative estimate of drug-likeness (QED) is 0.859. The van der Waals surface area contributed by atoms with E-state index in [1.807, 2.05) is 0 Å². The van der Waals surface area contributed by atoms with Crippen molar-refractivity contribution in [3.8, 4) is 0 Å². The Morgan fingerprint density at radius 3 is 2.71 bits per heavy atom. The normalized spacial score (nSPS) is 22.5. The van der Waals surface area contributed by atoms with E-state index in [0.29, 0.717) is 11.4 Å². The van der Waals surface area contributed by atoms with Crippen LogP contribution in [0.15, 0.2) is 36.7 Å². The van der Waals surface area contributed by atoms with Crippen molar-refractivity contribution in [1.29, 1.82) is 0 Å². The van der Waals surface area contributed by atoms with Crippen molar-refractivity contribution in [3.63, 3.8) is 0 Å². The van der Waals surface area contributed by atoms with Gasteiger partial charge in [-0.3, -0.25) is 4.98 Å². The van der Waals surface area contributed by atoms with Gasteiger partial charge in [0.2, 0.25) is 0 Å². The Morgan fingerprint density at radius 2 is 2.00 bits per heavy atom. The molecule has 4 rings (SSSR count). The predicted octanol–water partition coefficient (Wildman–Crippen LogP) is 4.39. The number of anilines is 2. The molecule has 1 aliphatic carbocycles. The molecule has 2 heterocycles. The summed E-state index contributed by atoms with van der Waals surface area (Å²) in [5.41, 5.74) is -1.04. The lowest BCUT2D eigenvalue weighted by molar-refractivity contribution is -0.177. The van der Waals surface area contributed by atoms with Crippen LogP contribution < -0.4 is 10.6 Å². The summed E-state index contributed by atoms with van der Waals surface area (Å²) in [5, 5.41) is 6.40. The number of fused-ring (bicyclic) bond motifs is 2. The van der Waals surface area contributed by atoms with Gasteiger partial charge in [0.05, 0.1) is 11.9 Å². The molecule has 24 heavy (non-hydrogen) atoms. The van der Waals surface area contributed by atoms with E-state index < -0.39 is 11.6 Å². The van der Waals surface area contributed by atoms with Gasteiger partial charge in [0.1, 0.15) is 5.41 Å². The summed E-state index contributed by atoms with van der Waals surface area (Å²) in [6.45, 7) is -0.215. The van der Waals surface area contributed by atoms with E-state index in [1.165, 1.54) is 24.5 Å². The fourth-order valence-electron chi connectivity index (χ4n) is 3.32. The molecule has 1 aromatic heterocycles. The maximum Gasteiger partial charge on any atom is 0.403 e. The van der Waals surface area contributed by atoms with Crippen LogP contribution >= 0.6 is 11.6 Å². The highest BCUT2D eigenvalue weighted by Crippen LogP contribution is 2.54. The van der Waals surface area contributed by atoms with Crippen molar-refractivity contribution in [3.05, 3.63) is 52.8 Å². The molecular weight excluding hydrogens is 339 g/mol. The zero-order valence-corrected chi connectivity index (χ0v) is 13.4. The second kappa shape index (κ2) is 5.36. The lowest BCUT2D eigenvalue weighted by Crippen LogP contribution is -2.53. The summed E-state index contributed by atoms with van der Waals surface area (Å²) in [4.78, 5) is 3.97. The summed E-state index contributed by atoms with van der Waals surface area (Å²) in [6, 6.07) is 6.19. The van der Waals surface area contributed by atoms with E-state index in [-0.39, 0.29) is 28.7 Å². The molecule has 1 unspecified atom stereocenters. The number of rotatable bonds is 3. The van der Waals surface area contributed by atoms with Crippen molar-refractivity contribution in [2.75, 3.05) is 11.9 Å². The van der Waals surface area contributed by atoms with Gasteiger partial charge in [0, 0.05) is 29.5 Å². The fourth-order valence-corrected chi connectivity index (χ4v) is 3.49. The van der Waals surface area contributed by atoms with Gasteiger partial charge in [-0.2, -0.15) is 13.2 Å². The van der Waals surface area contributed by atoms with Crippen molar-refractivity contribution >= 4 is 23.0 Å². The molecule has 2 aromatic rings. The molecule has 0 radical (unpaired) electrons. The van der Waals surface area contributed by atoms with E-state index in [4.69, 9.17) is 11.6 Å². The van der Waals surface area contributed by atoms with Crippen LogP contribution in [0.1, 0.15) is 24.0 Å². The molecule has 1 aliphatic heterocycles. The minimum absolute atomic E-state index is 0.148. The molecule has 1 fully saturated rings. The van der Waals surface area contributed by atoms with Crippen molar-refractivity contribution in [2.45, 2.75) is 30.5 Å². The van der Waals surface area contributed by atoms with Crippen LogP contribution in [0, 0.1) is 0 Å². The third kappa shape index (κ3) is 2.36. The molecule has 3 nitrogen and oxygen atoms in total. The maximum absolute atomic E-state index is 14.4. The molecule has 0 spiro atoms. The van der Waals surface area contributed by atoms with Gasteiger partial charge < -0.3 is 10.6 Å². The van der Waals surface area contributed by atoms with E-state index in [2.05, 4.69) is 15.6 Å². The number of pyridine rings is 1. The molecule has 0 saturated heterocycles. The van der Waals surface area contributed by atoms with E-state index >= 15 is 0 Å². The third-order valence-corrected chi connectivity index (χ3v) is 4.94. The third-order valence-electron chi connectivity index (χ3n) is 4.71. The number of hydrogen-bond acceptors (Lipinski definition) is 3. The minimum Gasteiger partial charge on any atom is -0.354 e. The number of nitrogens with zero attached hydrogens (tertiary/aromatic N) is 1. The molecule has 126 valence electrons. The first kappa shape index (κ1) is 15.7. The Labute approximate surface area is 142 Å². The van der Waals surface area contributed by atoms with Crippen molar-refractivity contribution in [2.24, 2.45) is 0 Å². The average Bonchev–Trinajstić information content (AvgIpc) is 3.35. The first-order chi connectivity index (χ1) is 11.4. The monoisotopic (exact) mass is 353 g/mol. The van der Waals surface area contributed by atoms with Crippen LogP contribution in [0.2, 0.25) is 5.02 Å². The molecule has 1 atom stereocenters. The lowest BCUT2D eigenvalue weighted by atomic mass is 9.70. The number of alkyl halides is 3. The Hall–Kier alpha value is -1.79. The first-order valence-electron chi connectivity index (χ1n) is 7.73. The summed E-state index contributed by atoms with van der Waals surface area (Å²) in [7, 11) is 0. The van der Waals surface area contributed by atoms with E-state index in [1.54, 1.807) is 12.1 Å². The highest BCUT2D eigenvalue weighted by atomic mass is 35.5. The van der Waals surface area contributed by atoms with Gasteiger partial charge in [0.15, 0.2) is 0 Å². The van der Waals surface area contributed by atoms with E-state index in [9.17, 15) is 13.2 Å². The molecular formula is C17H15ClF3N3. The fraction of sp³-hybridized carbons (Fsp3) is 0.353. The lowest BCUT2D eigenvalue weighted by Gasteiger charge is -2.42. The molecule has 1 saturated carbocycles. The van der Waals surface area contributed by atoms with Crippen molar-refractivity contribution in [1.82, 2.24) is 10.3 Å². The zero-order valence-electron chi connectivity index (χ0n) is 12.6. The Kier molecular flexibility index (Phi) is 3.51. The summed E-state index contributed by atoms with van der Waals surface area (Å²) in [6.07, 6.45) is 0.181. The Bertz CT molecular complexity index is 789. The van der Waals surface area contributed by atoms with Crippen LogP contribution in [0.5, 0.6) is 0 Å². The van der Waals surface area contributed by atoms with Crippen LogP contribution in [0.3, 0.4) is 0 Å². The van der Waals surface area contributed by atoms with Gasteiger partial charge >= 0.3 is 6.18 Å². The summed E-state index contributed by atoms with van der Waals surface area (Å²) >= 11 is 6.03. The van der Waals surface area contributed by atoms with Crippen LogP contribution in [0.4, 0.5) is 24.5 Å². The zero-order chi connectivity index (χ0) is 16.9.